The molecule has 40 heavy (non-hydrogen) atoms. The Balaban J connectivity index is 1.63. The summed E-state index contributed by atoms with van der Waals surface area (Å²) >= 11 is 0. The molecule has 3 aromatic rings. The van der Waals surface area contributed by atoms with E-state index in [1.807, 2.05) is 97.9 Å². The second-order valence-corrected chi connectivity index (χ2v) is 11.9. The highest BCUT2D eigenvalue weighted by molar-refractivity contribution is 7.53. The summed E-state index contributed by atoms with van der Waals surface area (Å²) in [6, 6.07) is 30.0. The molecule has 0 N–H and O–H groups in total. The van der Waals surface area contributed by atoms with Crippen LogP contribution in [0.25, 0.3) is 0 Å². The van der Waals surface area contributed by atoms with Gasteiger partial charge >= 0.3 is 7.60 Å². The lowest BCUT2D eigenvalue weighted by Crippen LogP contribution is -2.60. The molecule has 1 heterocycles. The Bertz CT molecular complexity index is 1150. The van der Waals surface area contributed by atoms with Crippen molar-refractivity contribution in [2.24, 2.45) is 0 Å². The zero-order valence-electron chi connectivity index (χ0n) is 23.6. The molecule has 216 valence electrons. The maximum Gasteiger partial charge on any atom is 0.333 e. The van der Waals surface area contributed by atoms with Gasteiger partial charge in [-0.1, -0.05) is 91.0 Å². The van der Waals surface area contributed by atoms with Crippen LogP contribution in [0.5, 0.6) is 0 Å². The topological polar surface area (TPSA) is 72.5 Å². The quantitative estimate of drug-likeness (QED) is 0.187. The van der Waals surface area contributed by atoms with Gasteiger partial charge in [0.25, 0.3) is 0 Å². The van der Waals surface area contributed by atoms with Crippen molar-refractivity contribution in [2.75, 3.05) is 19.4 Å². The van der Waals surface area contributed by atoms with Crippen LogP contribution in [0, 0.1) is 0 Å². The molecule has 0 amide bonds. The zero-order valence-corrected chi connectivity index (χ0v) is 24.5. The Hall–Kier alpha value is -2.35. The summed E-state index contributed by atoms with van der Waals surface area (Å²) in [6.45, 7) is 7.22. The van der Waals surface area contributed by atoms with Gasteiger partial charge in [-0.05, 0) is 37.5 Å². The largest absolute Gasteiger partial charge is 0.369 e. The van der Waals surface area contributed by atoms with Crippen molar-refractivity contribution in [3.63, 3.8) is 0 Å². The van der Waals surface area contributed by atoms with E-state index in [0.29, 0.717) is 19.8 Å². The van der Waals surface area contributed by atoms with Crippen molar-refractivity contribution in [3.8, 4) is 0 Å². The molecule has 0 spiro atoms. The maximum atomic E-state index is 13.6. The first-order valence-electron chi connectivity index (χ1n) is 14.0. The molecular weight excluding hydrogens is 527 g/mol. The van der Waals surface area contributed by atoms with Crippen LogP contribution in [0.2, 0.25) is 0 Å². The van der Waals surface area contributed by atoms with Crippen LogP contribution in [0.1, 0.15) is 37.5 Å². The van der Waals surface area contributed by atoms with Crippen molar-refractivity contribution < 1.29 is 32.6 Å². The lowest BCUT2D eigenvalue weighted by molar-refractivity contribution is -0.257. The van der Waals surface area contributed by atoms with Gasteiger partial charge in [0.1, 0.15) is 18.3 Å². The normalized spacial score (nSPS) is 23.2. The first kappa shape index (κ1) is 30.6. The fraction of sp³-hybridized carbons (Fsp3) is 0.438. The van der Waals surface area contributed by atoms with Gasteiger partial charge in [-0.3, -0.25) is 4.57 Å². The minimum Gasteiger partial charge on any atom is -0.369 e. The molecule has 0 aromatic heterocycles. The lowest BCUT2D eigenvalue weighted by Gasteiger charge is -2.46. The van der Waals surface area contributed by atoms with Crippen LogP contribution < -0.4 is 0 Å². The second-order valence-electron chi connectivity index (χ2n) is 9.79. The number of hydrogen-bond donors (Lipinski definition) is 0. The van der Waals surface area contributed by atoms with Gasteiger partial charge in [0.15, 0.2) is 0 Å². The monoisotopic (exact) mass is 568 g/mol. The van der Waals surface area contributed by atoms with Crippen LogP contribution in [0.15, 0.2) is 91.0 Å². The first-order chi connectivity index (χ1) is 19.5. The molecule has 0 saturated carbocycles. The summed E-state index contributed by atoms with van der Waals surface area (Å²) in [6.07, 6.45) is -2.43. The molecule has 7 nitrogen and oxygen atoms in total. The number of hydrogen-bond acceptors (Lipinski definition) is 7. The van der Waals surface area contributed by atoms with E-state index in [1.165, 1.54) is 0 Å². The van der Waals surface area contributed by atoms with Crippen molar-refractivity contribution in [1.82, 2.24) is 0 Å². The fourth-order valence-corrected chi connectivity index (χ4v) is 6.73. The molecule has 3 aromatic carbocycles. The SMILES string of the molecule is CCOP(=O)(C[C@@H]1O[C@@H](C)[C@H](OCc2ccccc2)[C@@H](OCc2ccccc2)[C@H]1OCc1ccccc1)OCC. The predicted molar refractivity (Wildman–Crippen MR) is 155 cm³/mol. The van der Waals surface area contributed by atoms with Crippen LogP contribution >= 0.6 is 7.60 Å². The van der Waals surface area contributed by atoms with Gasteiger partial charge in [0.2, 0.25) is 0 Å². The maximum absolute atomic E-state index is 13.6. The van der Waals surface area contributed by atoms with Crippen molar-refractivity contribution in [3.05, 3.63) is 108 Å². The van der Waals surface area contributed by atoms with Gasteiger partial charge < -0.3 is 28.0 Å². The van der Waals surface area contributed by atoms with Crippen LogP contribution in [0.3, 0.4) is 0 Å². The highest BCUT2D eigenvalue weighted by Crippen LogP contribution is 2.50. The van der Waals surface area contributed by atoms with E-state index >= 15 is 0 Å². The molecule has 4 rings (SSSR count). The Morgan fingerprint density at radius 1 is 0.625 bits per heavy atom. The van der Waals surface area contributed by atoms with Crippen LogP contribution in [-0.2, 0) is 52.4 Å². The van der Waals surface area contributed by atoms with E-state index in [0.717, 1.165) is 16.7 Å². The van der Waals surface area contributed by atoms with Gasteiger partial charge in [-0.25, -0.2) is 0 Å². The van der Waals surface area contributed by atoms with Crippen molar-refractivity contribution >= 4 is 7.60 Å². The van der Waals surface area contributed by atoms with Crippen molar-refractivity contribution in [1.29, 1.82) is 0 Å². The number of ether oxygens (including phenoxy) is 4. The predicted octanol–water partition coefficient (Wildman–Crippen LogP) is 6.80. The minimum atomic E-state index is -3.44. The van der Waals surface area contributed by atoms with E-state index < -0.39 is 32.0 Å². The molecule has 1 saturated heterocycles. The van der Waals surface area contributed by atoms with E-state index in [2.05, 4.69) is 0 Å². The molecule has 0 unspecified atom stereocenters. The van der Waals surface area contributed by atoms with Crippen LogP contribution in [0.4, 0.5) is 0 Å². The standard InChI is InChI=1S/C32H41O7P/c1-4-37-40(33,38-5-2)24-29-31(35-22-27-17-11-7-12-18-27)32(36-23-28-19-13-8-14-20-28)30(25(3)39-29)34-21-26-15-9-6-10-16-26/h6-20,25,29-32H,4-5,21-24H2,1-3H3/t25-,29-,30-,31-,32+/m0/s1. The van der Waals surface area contributed by atoms with Gasteiger partial charge in [-0.2, -0.15) is 0 Å². The van der Waals surface area contributed by atoms with E-state index in [-0.39, 0.29) is 25.5 Å². The summed E-state index contributed by atoms with van der Waals surface area (Å²) in [4.78, 5) is 0. The highest BCUT2D eigenvalue weighted by atomic mass is 31.2. The highest BCUT2D eigenvalue weighted by Gasteiger charge is 2.49. The van der Waals surface area contributed by atoms with Crippen LogP contribution in [-0.4, -0.2) is 49.9 Å². The Morgan fingerprint density at radius 2 is 1.02 bits per heavy atom. The fourth-order valence-electron chi connectivity index (χ4n) is 4.92. The third kappa shape index (κ3) is 8.82. The number of benzene rings is 3. The molecule has 8 heteroatoms. The molecule has 0 radical (unpaired) electrons. The summed E-state index contributed by atoms with van der Waals surface area (Å²) in [7, 11) is -3.44. The van der Waals surface area contributed by atoms with Gasteiger partial charge in [-0.15, -0.1) is 0 Å². The van der Waals surface area contributed by atoms with Gasteiger partial charge in [0, 0.05) is 0 Å². The Labute approximate surface area is 238 Å². The minimum absolute atomic E-state index is 0.0507. The average molecular weight is 569 g/mol. The van der Waals surface area contributed by atoms with E-state index in [4.69, 9.17) is 28.0 Å². The third-order valence-electron chi connectivity index (χ3n) is 6.78. The molecule has 1 aliphatic heterocycles. The molecular formula is C32H41O7P. The second kappa shape index (κ2) is 15.6. The van der Waals surface area contributed by atoms with Crippen molar-refractivity contribution in [2.45, 2.75) is 71.1 Å². The average Bonchev–Trinajstić information content (AvgIpc) is 2.97. The molecule has 5 atom stereocenters. The zero-order chi connectivity index (χ0) is 28.2. The molecule has 0 aliphatic carbocycles. The summed E-state index contributed by atoms with van der Waals surface area (Å²) in [5.41, 5.74) is 3.11. The first-order valence-corrected chi connectivity index (χ1v) is 15.7. The van der Waals surface area contributed by atoms with Gasteiger partial charge in [0.05, 0.1) is 51.4 Å². The molecule has 1 fully saturated rings. The molecule has 0 bridgehead atoms. The number of rotatable bonds is 15. The summed E-state index contributed by atoms with van der Waals surface area (Å²) in [5.74, 6) is 0. The summed E-state index contributed by atoms with van der Waals surface area (Å²) < 4.78 is 51.0. The molecule has 1 aliphatic rings. The lowest BCUT2D eigenvalue weighted by atomic mass is 9.95. The van der Waals surface area contributed by atoms with E-state index in [1.54, 1.807) is 13.8 Å². The third-order valence-corrected chi connectivity index (χ3v) is 8.89. The summed E-state index contributed by atoms with van der Waals surface area (Å²) in [5, 5.41) is 0. The Morgan fingerprint density at radius 3 is 1.45 bits per heavy atom. The van der Waals surface area contributed by atoms with E-state index in [9.17, 15) is 4.57 Å². The Kier molecular flexibility index (Phi) is 11.9. The smallest absolute Gasteiger partial charge is 0.333 e.